The van der Waals surface area contributed by atoms with Crippen LogP contribution < -0.4 is 5.32 Å². The fourth-order valence-corrected chi connectivity index (χ4v) is 5.03. The number of ether oxygens (including phenoxy) is 2. The van der Waals surface area contributed by atoms with Gasteiger partial charge in [0.15, 0.2) is 11.6 Å². The van der Waals surface area contributed by atoms with Crippen LogP contribution in [0.1, 0.15) is 66.0 Å². The molecular weight excluding hydrogens is 516 g/mol. The second-order valence-electron chi connectivity index (χ2n) is 10.6. The van der Waals surface area contributed by atoms with Crippen molar-refractivity contribution in [2.24, 2.45) is 0 Å². The first-order valence-corrected chi connectivity index (χ1v) is 16.8. The number of carbonyl (C=O) groups is 3. The minimum Gasteiger partial charge on any atom is -0.480 e. The number of nitriles is 1. The second-order valence-corrected chi connectivity index (χ2v) is 16.3. The van der Waals surface area contributed by atoms with E-state index in [1.807, 2.05) is 6.07 Å². The van der Waals surface area contributed by atoms with Gasteiger partial charge in [-0.25, -0.2) is 4.98 Å². The van der Waals surface area contributed by atoms with Crippen molar-refractivity contribution in [1.29, 1.82) is 5.26 Å². The van der Waals surface area contributed by atoms with E-state index in [1.165, 1.54) is 16.8 Å². The number of carboxylic acid groups (broad SMARTS) is 1. The van der Waals surface area contributed by atoms with Gasteiger partial charge in [-0.1, -0.05) is 31.8 Å². The number of allylic oxidation sites excluding steroid dienone is 2. The summed E-state index contributed by atoms with van der Waals surface area (Å²) in [7, 11) is -1.29. The number of hydrogen-bond donors (Lipinski definition) is 2. The number of imidazole rings is 1. The number of hydrogen-bond acceptors (Lipinski definition) is 7. The predicted molar refractivity (Wildman–Crippen MR) is 149 cm³/mol. The fourth-order valence-electron chi connectivity index (χ4n) is 4.27. The Morgan fingerprint density at radius 3 is 2.64 bits per heavy atom. The van der Waals surface area contributed by atoms with Crippen molar-refractivity contribution in [3.63, 3.8) is 0 Å². The lowest BCUT2D eigenvalue weighted by atomic mass is 9.89. The zero-order chi connectivity index (χ0) is 28.6. The van der Waals surface area contributed by atoms with Gasteiger partial charge in [0.1, 0.15) is 12.8 Å². The van der Waals surface area contributed by atoms with Crippen molar-refractivity contribution in [3.8, 4) is 6.07 Å². The normalized spacial score (nSPS) is 14.2. The minimum absolute atomic E-state index is 0.0298. The van der Waals surface area contributed by atoms with Gasteiger partial charge in [-0.15, -0.1) is 0 Å². The van der Waals surface area contributed by atoms with E-state index in [9.17, 15) is 24.8 Å². The van der Waals surface area contributed by atoms with Crippen LogP contribution in [0.4, 0.5) is 5.69 Å². The summed E-state index contributed by atoms with van der Waals surface area (Å²) >= 11 is 0. The van der Waals surface area contributed by atoms with Crippen LogP contribution in [0.25, 0.3) is 5.57 Å². The van der Waals surface area contributed by atoms with E-state index in [0.29, 0.717) is 17.9 Å². The molecule has 11 heteroatoms. The van der Waals surface area contributed by atoms with Gasteiger partial charge >= 0.3 is 11.9 Å². The highest BCUT2D eigenvalue weighted by atomic mass is 28.3. The first kappa shape index (κ1) is 29.8. The Labute approximate surface area is 229 Å². The molecule has 1 aliphatic rings. The van der Waals surface area contributed by atoms with Gasteiger partial charge in [0.25, 0.3) is 5.91 Å². The maximum Gasteiger partial charge on any atom is 0.324 e. The highest BCUT2D eigenvalue weighted by Crippen LogP contribution is 2.34. The summed E-state index contributed by atoms with van der Waals surface area (Å²) in [5.74, 6) is -4.14. The molecule has 0 radical (unpaired) electrons. The molecule has 1 amide bonds. The van der Waals surface area contributed by atoms with Crippen LogP contribution >= 0.6 is 0 Å². The van der Waals surface area contributed by atoms with Gasteiger partial charge in [0, 0.05) is 32.1 Å². The van der Waals surface area contributed by atoms with E-state index in [1.54, 1.807) is 19.1 Å². The number of aromatic nitrogens is 2. The molecule has 0 aliphatic heterocycles. The van der Waals surface area contributed by atoms with Crippen LogP contribution in [0.5, 0.6) is 0 Å². The molecule has 1 atom stereocenters. The minimum atomic E-state index is -1.48. The molecule has 1 aliphatic carbocycles. The molecule has 0 spiro atoms. The molecule has 0 saturated heterocycles. The zero-order valence-corrected chi connectivity index (χ0v) is 24.0. The topological polar surface area (TPSA) is 144 Å². The van der Waals surface area contributed by atoms with E-state index in [0.717, 1.165) is 37.3 Å². The third-order valence-corrected chi connectivity index (χ3v) is 8.06. The Morgan fingerprint density at radius 2 is 2.03 bits per heavy atom. The van der Waals surface area contributed by atoms with Gasteiger partial charge in [0.2, 0.25) is 5.82 Å². The smallest absolute Gasteiger partial charge is 0.324 e. The molecule has 1 unspecified atom stereocenters. The van der Waals surface area contributed by atoms with Crippen molar-refractivity contribution in [1.82, 2.24) is 9.55 Å². The average molecular weight is 553 g/mol. The molecule has 10 nitrogen and oxygen atoms in total. The number of amides is 1. The fraction of sp³-hybridized carbons (Fsp3) is 0.464. The maximum absolute atomic E-state index is 13.4. The van der Waals surface area contributed by atoms with E-state index in [-0.39, 0.29) is 30.4 Å². The van der Waals surface area contributed by atoms with Crippen LogP contribution in [0, 0.1) is 11.3 Å². The van der Waals surface area contributed by atoms with E-state index in [2.05, 4.69) is 36.0 Å². The third-order valence-electron chi connectivity index (χ3n) is 6.35. The summed E-state index contributed by atoms with van der Waals surface area (Å²) in [5, 5.41) is 22.0. The molecule has 0 fully saturated rings. The number of nitrogens with one attached hydrogen (secondary N) is 1. The predicted octanol–water partition coefficient (Wildman–Crippen LogP) is 5.01. The summed E-state index contributed by atoms with van der Waals surface area (Å²) in [6.07, 6.45) is 7.15. The molecule has 2 N–H and O–H groups in total. The second kappa shape index (κ2) is 13.4. The first-order valence-electron chi connectivity index (χ1n) is 13.1. The number of anilines is 1. The van der Waals surface area contributed by atoms with Crippen molar-refractivity contribution in [3.05, 3.63) is 53.1 Å². The molecule has 0 saturated carbocycles. The Morgan fingerprint density at radius 1 is 1.26 bits per heavy atom. The number of esters is 1. The number of nitrogens with zero attached hydrogens (tertiary/aromatic N) is 3. The number of carboxylic acids is 1. The van der Waals surface area contributed by atoms with Gasteiger partial charge in [-0.2, -0.15) is 5.26 Å². The summed E-state index contributed by atoms with van der Waals surface area (Å²) in [4.78, 5) is 41.9. The van der Waals surface area contributed by atoms with Crippen LogP contribution in [0.3, 0.4) is 0 Å². The Kier molecular flexibility index (Phi) is 10.2. The van der Waals surface area contributed by atoms with Crippen LogP contribution in [0.15, 0.2) is 30.5 Å². The lowest BCUT2D eigenvalue weighted by Gasteiger charge is -2.20. The van der Waals surface area contributed by atoms with E-state index < -0.39 is 31.8 Å². The molecule has 2 aromatic rings. The monoisotopic (exact) mass is 552 g/mol. The number of aliphatic carboxylic acids is 1. The van der Waals surface area contributed by atoms with Crippen molar-refractivity contribution < 1.29 is 29.0 Å². The largest absolute Gasteiger partial charge is 0.480 e. The lowest BCUT2D eigenvalue weighted by molar-refractivity contribution is -0.153. The van der Waals surface area contributed by atoms with Crippen LogP contribution in [-0.4, -0.2) is 53.8 Å². The van der Waals surface area contributed by atoms with Crippen molar-refractivity contribution in [2.75, 3.05) is 18.5 Å². The summed E-state index contributed by atoms with van der Waals surface area (Å²) in [6, 6.07) is 7.66. The third kappa shape index (κ3) is 8.11. The molecule has 1 aromatic heterocycles. The molecular formula is C28H36N4O6Si. The van der Waals surface area contributed by atoms with Gasteiger partial charge in [-0.3, -0.25) is 14.4 Å². The molecule has 208 valence electrons. The van der Waals surface area contributed by atoms with Crippen LogP contribution in [0.2, 0.25) is 25.7 Å². The number of benzene rings is 1. The highest BCUT2D eigenvalue weighted by Gasteiger charge is 2.31. The summed E-state index contributed by atoms with van der Waals surface area (Å²) < 4.78 is 12.3. The Hall–Kier alpha value is -3.75. The van der Waals surface area contributed by atoms with Gasteiger partial charge in [0.05, 0.1) is 6.61 Å². The lowest BCUT2D eigenvalue weighted by Crippen LogP contribution is -2.24. The van der Waals surface area contributed by atoms with E-state index in [4.69, 9.17) is 9.47 Å². The molecule has 1 heterocycles. The van der Waals surface area contributed by atoms with Crippen molar-refractivity contribution in [2.45, 2.75) is 70.9 Å². The number of rotatable bonds is 12. The first-order chi connectivity index (χ1) is 18.5. The van der Waals surface area contributed by atoms with Crippen molar-refractivity contribution >= 4 is 37.2 Å². The molecule has 3 rings (SSSR count). The summed E-state index contributed by atoms with van der Waals surface area (Å²) in [5.41, 5.74) is 2.42. The zero-order valence-electron chi connectivity index (χ0n) is 23.0. The molecule has 39 heavy (non-hydrogen) atoms. The molecule has 1 aromatic carbocycles. The van der Waals surface area contributed by atoms with Crippen LogP contribution in [-0.2, 0) is 25.8 Å². The Balaban J connectivity index is 1.92. The molecule has 0 bridgehead atoms. The van der Waals surface area contributed by atoms with E-state index >= 15 is 0 Å². The van der Waals surface area contributed by atoms with Gasteiger partial charge < -0.3 is 24.5 Å². The highest BCUT2D eigenvalue weighted by molar-refractivity contribution is 6.76. The maximum atomic E-state index is 13.4. The SMILES string of the molecule is CCOC(=O)C(C(=O)O)c1ccc(NC(=O)c2nc(C#N)cn2COCC[Si](C)(C)C)c(C2=CCCCC2)c1. The van der Waals surface area contributed by atoms with Gasteiger partial charge in [-0.05, 0) is 61.9 Å². The standard InChI is InChI=1S/C28H36N4O6Si/c1-5-38-28(36)24(27(34)35)20-11-12-23(22(15-20)19-9-7-6-8-10-19)31-26(33)25-30-21(16-29)17-32(25)18-37-13-14-39(2,3)4/h9,11-12,15,17,24H,5-8,10,13-14,18H2,1-4H3,(H,31,33)(H,34,35). The summed E-state index contributed by atoms with van der Waals surface area (Å²) in [6.45, 7) is 9.05. The Bertz CT molecular complexity index is 1290. The quantitative estimate of drug-likeness (QED) is 0.162. The average Bonchev–Trinajstić information content (AvgIpc) is 3.31. The number of carbonyl (C=O) groups excluding carboxylic acids is 2.